The molecule has 0 spiro atoms. The number of amides is 1. The molecule has 150 valence electrons. The number of carbonyl (C=O) groups excluding carboxylic acids is 1. The topological polar surface area (TPSA) is 23.6 Å². The molecule has 1 aliphatic heterocycles. The summed E-state index contributed by atoms with van der Waals surface area (Å²) in [5.41, 5.74) is 0.730. The lowest BCUT2D eigenvalue weighted by Crippen LogP contribution is -2.50. The van der Waals surface area contributed by atoms with Gasteiger partial charge >= 0.3 is 6.18 Å². The van der Waals surface area contributed by atoms with Crippen LogP contribution in [0.2, 0.25) is 0 Å². The molecule has 1 amide bonds. The van der Waals surface area contributed by atoms with Gasteiger partial charge in [-0.05, 0) is 30.7 Å². The van der Waals surface area contributed by atoms with Crippen LogP contribution < -0.4 is 4.90 Å². The molecule has 0 N–H and O–H groups in total. The number of benzene rings is 2. The molecule has 1 unspecified atom stereocenters. The molecule has 3 rings (SSSR count). The number of anilines is 1. The Morgan fingerprint density at radius 3 is 2.25 bits per heavy atom. The molecule has 7 heteroatoms. The van der Waals surface area contributed by atoms with Gasteiger partial charge in [-0.15, -0.1) is 11.8 Å². The number of para-hydroxylation sites is 1. The van der Waals surface area contributed by atoms with E-state index in [0.717, 1.165) is 24.8 Å². The van der Waals surface area contributed by atoms with Gasteiger partial charge in [0.2, 0.25) is 5.91 Å². The van der Waals surface area contributed by atoms with Crippen LogP contribution in [0.5, 0.6) is 0 Å². The Bertz CT molecular complexity index is 790. The molecule has 1 heterocycles. The Morgan fingerprint density at radius 1 is 1.00 bits per heavy atom. The Morgan fingerprint density at radius 2 is 1.61 bits per heavy atom. The Labute approximate surface area is 167 Å². The van der Waals surface area contributed by atoms with Crippen LogP contribution in [-0.2, 0) is 16.7 Å². The van der Waals surface area contributed by atoms with Crippen molar-refractivity contribution in [3.05, 3.63) is 65.7 Å². The number of nitrogens with zero attached hydrogens (tertiary/aromatic N) is 2. The molecule has 1 atom stereocenters. The van der Waals surface area contributed by atoms with E-state index in [-0.39, 0.29) is 22.5 Å². The van der Waals surface area contributed by atoms with Crippen LogP contribution in [0.15, 0.2) is 54.6 Å². The normalized spacial score (nSPS) is 16.1. The molecule has 0 saturated carbocycles. The Kier molecular flexibility index (Phi) is 6.54. The summed E-state index contributed by atoms with van der Waals surface area (Å²) in [6.07, 6.45) is -4.38. The fraction of sp³-hybridized carbons (Fsp3) is 0.381. The number of rotatable bonds is 5. The summed E-state index contributed by atoms with van der Waals surface area (Å²) in [6, 6.07) is 15.6. The van der Waals surface area contributed by atoms with Gasteiger partial charge in [0.25, 0.3) is 0 Å². The van der Waals surface area contributed by atoms with Crippen LogP contribution in [0.1, 0.15) is 18.1 Å². The summed E-state index contributed by atoms with van der Waals surface area (Å²) in [7, 11) is 0. The zero-order valence-electron chi connectivity index (χ0n) is 15.7. The molecule has 28 heavy (non-hydrogen) atoms. The van der Waals surface area contributed by atoms with Crippen molar-refractivity contribution >= 4 is 23.4 Å². The third-order valence-corrected chi connectivity index (χ3v) is 6.05. The van der Waals surface area contributed by atoms with Gasteiger partial charge in [0, 0.05) is 37.6 Å². The molecule has 1 fully saturated rings. The SMILES string of the molecule is CC(SCc1ccccc1C(F)(F)F)C(=O)N1CCN(c2ccccc2)CC1. The molecule has 1 aliphatic rings. The maximum absolute atomic E-state index is 13.1. The summed E-state index contributed by atoms with van der Waals surface area (Å²) in [5.74, 6) is 0.147. The monoisotopic (exact) mass is 408 g/mol. The van der Waals surface area contributed by atoms with Gasteiger partial charge in [0.15, 0.2) is 0 Å². The van der Waals surface area contributed by atoms with Crippen molar-refractivity contribution in [1.29, 1.82) is 0 Å². The largest absolute Gasteiger partial charge is 0.416 e. The van der Waals surface area contributed by atoms with Crippen LogP contribution >= 0.6 is 11.8 Å². The summed E-state index contributed by atoms with van der Waals surface area (Å²) in [4.78, 5) is 16.8. The smallest absolute Gasteiger partial charge is 0.368 e. The minimum Gasteiger partial charge on any atom is -0.368 e. The predicted octanol–water partition coefficient (Wildman–Crippen LogP) is 4.68. The van der Waals surface area contributed by atoms with Crippen LogP contribution in [0, 0.1) is 0 Å². The average molecular weight is 408 g/mol. The number of alkyl halides is 3. The van der Waals surface area contributed by atoms with Gasteiger partial charge in [0.05, 0.1) is 10.8 Å². The molecular weight excluding hydrogens is 385 g/mol. The number of halogens is 3. The Hall–Kier alpha value is -2.15. The van der Waals surface area contributed by atoms with E-state index in [9.17, 15) is 18.0 Å². The minimum absolute atomic E-state index is 0.0119. The van der Waals surface area contributed by atoms with E-state index in [0.29, 0.717) is 13.1 Å². The lowest BCUT2D eigenvalue weighted by Gasteiger charge is -2.37. The summed E-state index contributed by atoms with van der Waals surface area (Å²) < 4.78 is 39.3. The molecule has 0 aliphatic carbocycles. The van der Waals surface area contributed by atoms with E-state index >= 15 is 0 Å². The minimum atomic E-state index is -4.38. The lowest BCUT2D eigenvalue weighted by molar-refractivity contribution is -0.138. The zero-order chi connectivity index (χ0) is 20.1. The molecule has 0 bridgehead atoms. The number of thioether (sulfide) groups is 1. The molecule has 3 nitrogen and oxygen atoms in total. The first-order chi connectivity index (χ1) is 13.4. The highest BCUT2D eigenvalue weighted by atomic mass is 32.2. The van der Waals surface area contributed by atoms with Crippen LogP contribution in [-0.4, -0.2) is 42.2 Å². The summed E-state index contributed by atoms with van der Waals surface area (Å²) in [5, 5.41) is -0.385. The fourth-order valence-corrected chi connectivity index (χ4v) is 4.26. The van der Waals surface area contributed by atoms with Crippen LogP contribution in [0.25, 0.3) is 0 Å². The molecule has 1 saturated heterocycles. The molecule has 2 aromatic rings. The second-order valence-corrected chi connectivity index (χ2v) is 8.09. The molecule has 2 aromatic carbocycles. The second-order valence-electron chi connectivity index (χ2n) is 6.76. The first-order valence-electron chi connectivity index (χ1n) is 9.22. The maximum Gasteiger partial charge on any atom is 0.416 e. The highest BCUT2D eigenvalue weighted by molar-refractivity contribution is 7.99. The van der Waals surface area contributed by atoms with Crippen molar-refractivity contribution in [3.8, 4) is 0 Å². The second kappa shape index (κ2) is 8.90. The van der Waals surface area contributed by atoms with Crippen LogP contribution in [0.4, 0.5) is 18.9 Å². The predicted molar refractivity (Wildman–Crippen MR) is 107 cm³/mol. The van der Waals surface area contributed by atoms with Crippen molar-refractivity contribution < 1.29 is 18.0 Å². The van der Waals surface area contributed by atoms with E-state index < -0.39 is 11.7 Å². The third kappa shape index (κ3) is 5.01. The molecular formula is C21H23F3N2OS. The standard InChI is InChI=1S/C21H23F3N2OS/c1-16(28-15-17-7-5-6-10-19(17)21(22,23)24)20(27)26-13-11-25(12-14-26)18-8-3-2-4-9-18/h2-10,16H,11-15H2,1H3. The molecule has 0 radical (unpaired) electrons. The summed E-state index contributed by atoms with van der Waals surface area (Å²) >= 11 is 1.25. The molecule has 0 aromatic heterocycles. The highest BCUT2D eigenvalue weighted by Crippen LogP contribution is 2.34. The average Bonchev–Trinajstić information content (AvgIpc) is 2.72. The maximum atomic E-state index is 13.1. The van der Waals surface area contributed by atoms with Gasteiger partial charge in [-0.3, -0.25) is 4.79 Å². The summed E-state index contributed by atoms with van der Waals surface area (Å²) in [6.45, 7) is 4.52. The Balaban J connectivity index is 1.53. The van der Waals surface area contributed by atoms with E-state index in [1.54, 1.807) is 13.0 Å². The zero-order valence-corrected chi connectivity index (χ0v) is 16.5. The van der Waals surface area contributed by atoms with Crippen molar-refractivity contribution in [2.24, 2.45) is 0 Å². The van der Waals surface area contributed by atoms with E-state index in [1.807, 2.05) is 35.2 Å². The van der Waals surface area contributed by atoms with E-state index in [4.69, 9.17) is 0 Å². The number of hydrogen-bond donors (Lipinski definition) is 0. The number of carbonyl (C=O) groups is 1. The van der Waals surface area contributed by atoms with Crippen LogP contribution in [0.3, 0.4) is 0 Å². The first kappa shape index (κ1) is 20.6. The van der Waals surface area contributed by atoms with E-state index in [1.165, 1.54) is 23.9 Å². The van der Waals surface area contributed by atoms with Gasteiger partial charge in [0.1, 0.15) is 0 Å². The van der Waals surface area contributed by atoms with Gasteiger partial charge in [-0.1, -0.05) is 36.4 Å². The van der Waals surface area contributed by atoms with Gasteiger partial charge < -0.3 is 9.80 Å². The highest BCUT2D eigenvalue weighted by Gasteiger charge is 2.33. The van der Waals surface area contributed by atoms with Crippen molar-refractivity contribution in [3.63, 3.8) is 0 Å². The van der Waals surface area contributed by atoms with Crippen molar-refractivity contribution in [2.75, 3.05) is 31.1 Å². The van der Waals surface area contributed by atoms with Crippen molar-refractivity contribution in [2.45, 2.75) is 24.1 Å². The quantitative estimate of drug-likeness (QED) is 0.718. The number of piperazine rings is 1. The van der Waals surface area contributed by atoms with E-state index in [2.05, 4.69) is 4.90 Å². The fourth-order valence-electron chi connectivity index (χ4n) is 3.29. The third-order valence-electron chi connectivity index (χ3n) is 4.87. The van der Waals surface area contributed by atoms with Crippen molar-refractivity contribution in [1.82, 2.24) is 4.90 Å². The number of hydrogen-bond acceptors (Lipinski definition) is 3. The van der Waals surface area contributed by atoms with Gasteiger partial charge in [-0.25, -0.2) is 0 Å². The first-order valence-corrected chi connectivity index (χ1v) is 10.3. The van der Waals surface area contributed by atoms with Gasteiger partial charge in [-0.2, -0.15) is 13.2 Å². The lowest BCUT2D eigenvalue weighted by atomic mass is 10.1.